The summed E-state index contributed by atoms with van der Waals surface area (Å²) >= 11 is 3.21. The summed E-state index contributed by atoms with van der Waals surface area (Å²) in [6.45, 7) is 0. The SMILES string of the molecule is COC(=O)c1ccc(Br)c(S(=O)(=O)Nc2cc(C#N)ccc2-c2ccccn2)c1. The number of hydrogen-bond donors (Lipinski definition) is 1. The van der Waals surface area contributed by atoms with Gasteiger partial charge in [0.2, 0.25) is 0 Å². The molecule has 0 radical (unpaired) electrons. The number of anilines is 1. The Morgan fingerprint density at radius 1 is 1.17 bits per heavy atom. The van der Waals surface area contributed by atoms with E-state index >= 15 is 0 Å². The van der Waals surface area contributed by atoms with Crippen LogP contribution >= 0.6 is 15.9 Å². The van der Waals surface area contributed by atoms with Gasteiger partial charge < -0.3 is 4.74 Å². The van der Waals surface area contributed by atoms with Gasteiger partial charge in [-0.05, 0) is 64.5 Å². The number of nitrogens with zero attached hydrogens (tertiary/aromatic N) is 2. The van der Waals surface area contributed by atoms with Crippen molar-refractivity contribution in [2.24, 2.45) is 0 Å². The number of carbonyl (C=O) groups is 1. The van der Waals surface area contributed by atoms with Gasteiger partial charge in [0, 0.05) is 16.2 Å². The van der Waals surface area contributed by atoms with E-state index < -0.39 is 16.0 Å². The first kappa shape index (κ1) is 20.5. The molecule has 0 aliphatic heterocycles. The lowest BCUT2D eigenvalue weighted by molar-refractivity contribution is 0.0600. The van der Waals surface area contributed by atoms with E-state index in [1.807, 2.05) is 6.07 Å². The standard InChI is InChI=1S/C20H14BrN3O4S/c1-28-20(25)14-6-8-16(21)19(11-14)29(26,27)24-18-10-13(12-22)5-7-15(18)17-4-2-3-9-23-17/h2-11,24H,1H3. The van der Waals surface area contributed by atoms with Crippen LogP contribution in [0.3, 0.4) is 0 Å². The first-order valence-electron chi connectivity index (χ1n) is 8.22. The molecule has 29 heavy (non-hydrogen) atoms. The number of sulfonamides is 1. The zero-order valence-corrected chi connectivity index (χ0v) is 17.5. The fourth-order valence-electron chi connectivity index (χ4n) is 2.60. The van der Waals surface area contributed by atoms with Gasteiger partial charge in [0.15, 0.2) is 0 Å². The van der Waals surface area contributed by atoms with Crippen molar-refractivity contribution in [3.8, 4) is 17.3 Å². The highest BCUT2D eigenvalue weighted by Crippen LogP contribution is 2.31. The number of benzene rings is 2. The Balaban J connectivity index is 2.10. The van der Waals surface area contributed by atoms with E-state index in [1.165, 1.54) is 31.4 Å². The van der Waals surface area contributed by atoms with Crippen molar-refractivity contribution in [1.82, 2.24) is 4.98 Å². The third-order valence-electron chi connectivity index (χ3n) is 3.98. The Kier molecular flexibility index (Phi) is 5.96. The minimum Gasteiger partial charge on any atom is -0.465 e. The van der Waals surface area contributed by atoms with Crippen LogP contribution in [-0.4, -0.2) is 26.5 Å². The van der Waals surface area contributed by atoms with Gasteiger partial charge in [0.05, 0.1) is 35.7 Å². The van der Waals surface area contributed by atoms with Crippen LogP contribution in [0.2, 0.25) is 0 Å². The lowest BCUT2D eigenvalue weighted by Gasteiger charge is -2.14. The van der Waals surface area contributed by atoms with Crippen molar-refractivity contribution < 1.29 is 17.9 Å². The zero-order chi connectivity index (χ0) is 21.0. The fraction of sp³-hybridized carbons (Fsp3) is 0.0500. The van der Waals surface area contributed by atoms with Gasteiger partial charge in [-0.3, -0.25) is 9.71 Å². The van der Waals surface area contributed by atoms with Crippen LogP contribution in [0.25, 0.3) is 11.3 Å². The summed E-state index contributed by atoms with van der Waals surface area (Å²) in [5.41, 5.74) is 1.61. The molecule has 0 bridgehead atoms. The van der Waals surface area contributed by atoms with Crippen molar-refractivity contribution in [3.05, 3.63) is 76.4 Å². The molecule has 0 amide bonds. The number of rotatable bonds is 5. The van der Waals surface area contributed by atoms with Crippen LogP contribution in [0.1, 0.15) is 15.9 Å². The molecule has 3 rings (SSSR count). The predicted octanol–water partition coefficient (Wildman–Crippen LogP) is 3.97. The minimum absolute atomic E-state index is 0.0896. The summed E-state index contributed by atoms with van der Waals surface area (Å²) in [7, 11) is -2.89. The van der Waals surface area contributed by atoms with E-state index in [1.54, 1.807) is 36.5 Å². The first-order chi connectivity index (χ1) is 13.9. The third kappa shape index (κ3) is 4.45. The zero-order valence-electron chi connectivity index (χ0n) is 15.1. The number of hydrogen-bond acceptors (Lipinski definition) is 6. The quantitative estimate of drug-likeness (QED) is 0.563. The first-order valence-corrected chi connectivity index (χ1v) is 10.5. The lowest BCUT2D eigenvalue weighted by atomic mass is 10.1. The number of nitrogens with one attached hydrogen (secondary N) is 1. The molecule has 0 saturated heterocycles. The van der Waals surface area contributed by atoms with Gasteiger partial charge >= 0.3 is 5.97 Å². The van der Waals surface area contributed by atoms with E-state index in [4.69, 9.17) is 0 Å². The van der Waals surface area contributed by atoms with Crippen molar-refractivity contribution in [2.45, 2.75) is 4.90 Å². The van der Waals surface area contributed by atoms with Crippen LogP contribution in [0.15, 0.2) is 70.2 Å². The number of aromatic nitrogens is 1. The Morgan fingerprint density at radius 3 is 2.62 bits per heavy atom. The molecule has 0 saturated carbocycles. The van der Waals surface area contributed by atoms with Crippen LogP contribution in [-0.2, 0) is 14.8 Å². The number of carbonyl (C=O) groups excluding carboxylic acids is 1. The maximum atomic E-state index is 13.1. The molecule has 0 aliphatic carbocycles. The monoisotopic (exact) mass is 471 g/mol. The van der Waals surface area contributed by atoms with Gasteiger partial charge in [-0.2, -0.15) is 5.26 Å². The van der Waals surface area contributed by atoms with Crippen LogP contribution < -0.4 is 4.72 Å². The largest absolute Gasteiger partial charge is 0.465 e. The second kappa shape index (κ2) is 8.43. The third-order valence-corrected chi connectivity index (χ3v) is 6.34. The highest BCUT2D eigenvalue weighted by molar-refractivity contribution is 9.10. The number of nitriles is 1. The molecule has 1 N–H and O–H groups in total. The maximum Gasteiger partial charge on any atom is 0.337 e. The summed E-state index contributed by atoms with van der Waals surface area (Å²) in [5, 5.41) is 9.21. The van der Waals surface area contributed by atoms with Crippen molar-refractivity contribution >= 4 is 37.6 Å². The van der Waals surface area contributed by atoms with Gasteiger partial charge in [0.1, 0.15) is 4.90 Å². The summed E-state index contributed by atoms with van der Waals surface area (Å²) in [5.74, 6) is -0.658. The molecule has 0 aliphatic rings. The molecule has 1 aromatic heterocycles. The highest BCUT2D eigenvalue weighted by atomic mass is 79.9. The van der Waals surface area contributed by atoms with Gasteiger partial charge in [0.25, 0.3) is 10.0 Å². The van der Waals surface area contributed by atoms with Crippen molar-refractivity contribution in [3.63, 3.8) is 0 Å². The summed E-state index contributed by atoms with van der Waals surface area (Å²) < 4.78 is 33.6. The average Bonchev–Trinajstić information content (AvgIpc) is 2.73. The van der Waals surface area contributed by atoms with Crippen molar-refractivity contribution in [1.29, 1.82) is 5.26 Å². The van der Waals surface area contributed by atoms with E-state index in [-0.39, 0.29) is 26.2 Å². The molecular formula is C20H14BrN3O4S. The van der Waals surface area contributed by atoms with E-state index in [0.29, 0.717) is 11.3 Å². The molecular weight excluding hydrogens is 458 g/mol. The number of halogens is 1. The molecule has 7 nitrogen and oxygen atoms in total. The lowest BCUT2D eigenvalue weighted by Crippen LogP contribution is -2.15. The second-order valence-electron chi connectivity index (χ2n) is 5.83. The average molecular weight is 472 g/mol. The highest BCUT2D eigenvalue weighted by Gasteiger charge is 2.22. The molecule has 1 heterocycles. The van der Waals surface area contributed by atoms with E-state index in [9.17, 15) is 18.5 Å². The van der Waals surface area contributed by atoms with Gasteiger partial charge in [-0.15, -0.1) is 0 Å². The number of methoxy groups -OCH3 is 1. The topological polar surface area (TPSA) is 109 Å². The number of pyridine rings is 1. The van der Waals surface area contributed by atoms with Gasteiger partial charge in [-0.25, -0.2) is 13.2 Å². The number of ether oxygens (including phenoxy) is 1. The Morgan fingerprint density at radius 2 is 1.97 bits per heavy atom. The van der Waals surface area contributed by atoms with Crippen LogP contribution in [0, 0.1) is 11.3 Å². The summed E-state index contributed by atoms with van der Waals surface area (Å²) in [4.78, 5) is 15.9. The molecule has 0 atom stereocenters. The smallest absolute Gasteiger partial charge is 0.337 e. The fourth-order valence-corrected chi connectivity index (χ4v) is 4.66. The molecule has 0 spiro atoms. The number of esters is 1. The van der Waals surface area contributed by atoms with E-state index in [2.05, 4.69) is 30.4 Å². The Hall–Kier alpha value is -3.22. The van der Waals surface area contributed by atoms with Crippen LogP contribution in [0.4, 0.5) is 5.69 Å². The molecule has 0 unspecified atom stereocenters. The van der Waals surface area contributed by atoms with Gasteiger partial charge in [-0.1, -0.05) is 6.07 Å². The van der Waals surface area contributed by atoms with Crippen LogP contribution in [0.5, 0.6) is 0 Å². The molecule has 0 fully saturated rings. The second-order valence-corrected chi connectivity index (χ2v) is 8.33. The summed E-state index contributed by atoms with van der Waals surface area (Å²) in [6, 6.07) is 16.0. The molecule has 3 aromatic rings. The minimum atomic E-state index is -4.11. The van der Waals surface area contributed by atoms with Crippen molar-refractivity contribution in [2.75, 3.05) is 11.8 Å². The Labute approximate surface area is 176 Å². The summed E-state index contributed by atoms with van der Waals surface area (Å²) in [6.07, 6.45) is 1.59. The Bertz CT molecular complexity index is 1220. The predicted molar refractivity (Wildman–Crippen MR) is 111 cm³/mol. The van der Waals surface area contributed by atoms with E-state index in [0.717, 1.165) is 0 Å². The molecule has 9 heteroatoms. The molecule has 2 aromatic carbocycles. The maximum absolute atomic E-state index is 13.1. The molecule has 146 valence electrons. The normalized spacial score (nSPS) is 10.8.